The zero-order valence-corrected chi connectivity index (χ0v) is 20.2. The highest BCUT2D eigenvalue weighted by molar-refractivity contribution is 7.15. The minimum Gasteiger partial charge on any atom is -0.382 e. The quantitative estimate of drug-likeness (QED) is 0.258. The van der Waals surface area contributed by atoms with Gasteiger partial charge in [-0.25, -0.2) is 14.4 Å². The number of aromatic amines is 2. The molecule has 0 spiro atoms. The molecule has 0 saturated heterocycles. The van der Waals surface area contributed by atoms with Crippen molar-refractivity contribution >= 4 is 39.1 Å². The lowest BCUT2D eigenvalue weighted by Crippen LogP contribution is -2.09. The Morgan fingerprint density at radius 1 is 1.06 bits per heavy atom. The first kappa shape index (κ1) is 21.4. The standard InChI is InChI=1S/C26H22FN7S/c1-13(2)30-17-8-16(11-28-12-17)15-9-19-22(20(27)10-15)33-34-24(19)26-31-23-18(6-7-29-25(23)32-26)21-5-4-14(3)35-21/h4-13,30H,1-3H3,(H,33,34)(H,29,31,32). The summed E-state index contributed by atoms with van der Waals surface area (Å²) in [7, 11) is 0. The molecule has 0 aliphatic heterocycles. The van der Waals surface area contributed by atoms with E-state index in [-0.39, 0.29) is 11.6 Å². The molecular weight excluding hydrogens is 461 g/mol. The molecule has 0 aliphatic carbocycles. The molecule has 6 rings (SSSR count). The van der Waals surface area contributed by atoms with Gasteiger partial charge in [0.25, 0.3) is 0 Å². The topological polar surface area (TPSA) is 95.2 Å². The van der Waals surface area contributed by atoms with Crippen LogP contribution in [0.5, 0.6) is 0 Å². The Hall–Kier alpha value is -4.11. The maximum atomic E-state index is 15.1. The number of rotatable bonds is 5. The number of hydrogen-bond donors (Lipinski definition) is 3. The van der Waals surface area contributed by atoms with E-state index in [4.69, 9.17) is 4.98 Å². The molecule has 0 saturated carbocycles. The number of nitrogens with zero attached hydrogens (tertiary/aromatic N) is 4. The molecule has 6 aromatic rings. The summed E-state index contributed by atoms with van der Waals surface area (Å²) < 4.78 is 15.1. The number of pyridine rings is 2. The Balaban J connectivity index is 1.48. The predicted octanol–water partition coefficient (Wildman–Crippen LogP) is 6.56. The van der Waals surface area contributed by atoms with Crippen LogP contribution in [0.1, 0.15) is 18.7 Å². The fraction of sp³-hybridized carbons (Fsp3) is 0.154. The van der Waals surface area contributed by atoms with Crippen molar-refractivity contribution in [2.75, 3.05) is 5.32 Å². The van der Waals surface area contributed by atoms with Crippen molar-refractivity contribution in [2.24, 2.45) is 0 Å². The van der Waals surface area contributed by atoms with Crippen LogP contribution in [0.3, 0.4) is 0 Å². The van der Waals surface area contributed by atoms with Gasteiger partial charge in [0, 0.05) is 50.9 Å². The van der Waals surface area contributed by atoms with Crippen LogP contribution in [-0.2, 0) is 0 Å². The van der Waals surface area contributed by atoms with Crippen molar-refractivity contribution in [1.82, 2.24) is 30.1 Å². The van der Waals surface area contributed by atoms with Gasteiger partial charge in [0.15, 0.2) is 17.3 Å². The Morgan fingerprint density at radius 2 is 1.94 bits per heavy atom. The number of H-pyrrole nitrogens is 2. The van der Waals surface area contributed by atoms with Crippen LogP contribution in [0.2, 0.25) is 0 Å². The molecule has 174 valence electrons. The lowest BCUT2D eigenvalue weighted by atomic mass is 10.0. The third-order valence-corrected chi connectivity index (χ3v) is 6.81. The first-order valence-corrected chi connectivity index (χ1v) is 12.1. The molecule has 5 heterocycles. The number of hydrogen-bond acceptors (Lipinski definition) is 6. The highest BCUT2D eigenvalue weighted by atomic mass is 32.1. The van der Waals surface area contributed by atoms with Crippen molar-refractivity contribution in [1.29, 1.82) is 0 Å². The zero-order valence-electron chi connectivity index (χ0n) is 19.3. The number of aryl methyl sites for hydroxylation is 1. The number of halogens is 1. The SMILES string of the molecule is Cc1ccc(-c2ccnc3nc(-c4[nH]nc5c(F)cc(-c6cncc(NC(C)C)c6)cc45)[nH]c23)s1. The molecule has 0 aliphatic rings. The van der Waals surface area contributed by atoms with Gasteiger partial charge in [0.1, 0.15) is 11.2 Å². The predicted molar refractivity (Wildman–Crippen MR) is 139 cm³/mol. The van der Waals surface area contributed by atoms with Crippen molar-refractivity contribution in [2.45, 2.75) is 26.8 Å². The molecule has 0 bridgehead atoms. The van der Waals surface area contributed by atoms with E-state index in [2.05, 4.69) is 63.4 Å². The van der Waals surface area contributed by atoms with Crippen molar-refractivity contribution in [3.63, 3.8) is 0 Å². The van der Waals surface area contributed by atoms with Gasteiger partial charge < -0.3 is 10.3 Å². The molecule has 0 radical (unpaired) electrons. The third kappa shape index (κ3) is 3.83. The fourth-order valence-corrected chi connectivity index (χ4v) is 5.15. The maximum Gasteiger partial charge on any atom is 0.178 e. The van der Waals surface area contributed by atoms with Gasteiger partial charge in [0.2, 0.25) is 0 Å². The van der Waals surface area contributed by atoms with E-state index in [0.717, 1.165) is 27.2 Å². The lowest BCUT2D eigenvalue weighted by molar-refractivity contribution is 0.636. The van der Waals surface area contributed by atoms with E-state index >= 15 is 4.39 Å². The van der Waals surface area contributed by atoms with Gasteiger partial charge in [-0.15, -0.1) is 11.3 Å². The number of thiophene rings is 1. The van der Waals surface area contributed by atoms with Crippen LogP contribution < -0.4 is 5.32 Å². The van der Waals surface area contributed by atoms with E-state index in [1.807, 2.05) is 18.2 Å². The molecule has 3 N–H and O–H groups in total. The van der Waals surface area contributed by atoms with Gasteiger partial charge in [-0.3, -0.25) is 10.1 Å². The summed E-state index contributed by atoms with van der Waals surface area (Å²) in [6, 6.07) is 11.8. The van der Waals surface area contributed by atoms with Gasteiger partial charge in [-0.05, 0) is 62.7 Å². The minimum absolute atomic E-state index is 0.260. The second-order valence-electron chi connectivity index (χ2n) is 8.77. The average molecular weight is 484 g/mol. The van der Waals surface area contributed by atoms with Crippen LogP contribution in [0.4, 0.5) is 10.1 Å². The average Bonchev–Trinajstić information content (AvgIpc) is 3.56. The normalized spacial score (nSPS) is 11.7. The Bertz CT molecular complexity index is 1700. The summed E-state index contributed by atoms with van der Waals surface area (Å²) in [6.07, 6.45) is 5.24. The van der Waals surface area contributed by atoms with E-state index in [0.29, 0.717) is 28.1 Å². The summed E-state index contributed by atoms with van der Waals surface area (Å²) in [5.41, 5.74) is 5.73. The number of fused-ring (bicyclic) bond motifs is 2. The van der Waals surface area contributed by atoms with Crippen molar-refractivity contribution < 1.29 is 4.39 Å². The van der Waals surface area contributed by atoms with Crippen LogP contribution >= 0.6 is 11.3 Å². The van der Waals surface area contributed by atoms with Crippen LogP contribution in [0, 0.1) is 12.7 Å². The highest BCUT2D eigenvalue weighted by Crippen LogP contribution is 2.35. The van der Waals surface area contributed by atoms with Gasteiger partial charge >= 0.3 is 0 Å². The Kier molecular flexibility index (Phi) is 5.07. The summed E-state index contributed by atoms with van der Waals surface area (Å²) in [4.78, 5) is 19.2. The molecular formula is C26H22FN7S. The van der Waals surface area contributed by atoms with Gasteiger partial charge in [0.05, 0.1) is 11.2 Å². The fourth-order valence-electron chi connectivity index (χ4n) is 4.25. The summed E-state index contributed by atoms with van der Waals surface area (Å²) >= 11 is 1.71. The van der Waals surface area contributed by atoms with Crippen LogP contribution in [0.25, 0.3) is 55.2 Å². The smallest absolute Gasteiger partial charge is 0.178 e. The molecule has 7 nitrogen and oxygen atoms in total. The largest absolute Gasteiger partial charge is 0.382 e. The first-order chi connectivity index (χ1) is 17.0. The Morgan fingerprint density at radius 3 is 2.74 bits per heavy atom. The monoisotopic (exact) mass is 483 g/mol. The minimum atomic E-state index is -0.411. The molecule has 9 heteroatoms. The highest BCUT2D eigenvalue weighted by Gasteiger charge is 2.18. The van der Waals surface area contributed by atoms with Crippen LogP contribution in [0.15, 0.2) is 55.0 Å². The zero-order chi connectivity index (χ0) is 24.1. The second kappa shape index (κ2) is 8.28. The number of imidazole rings is 1. The number of benzene rings is 1. The maximum absolute atomic E-state index is 15.1. The molecule has 5 aromatic heterocycles. The number of anilines is 1. The summed E-state index contributed by atoms with van der Waals surface area (Å²) in [5, 5.41) is 11.2. The summed E-state index contributed by atoms with van der Waals surface area (Å²) in [6.45, 7) is 6.20. The third-order valence-electron chi connectivity index (χ3n) is 5.77. The number of aromatic nitrogens is 6. The number of nitrogens with one attached hydrogen (secondary N) is 3. The lowest BCUT2D eigenvalue weighted by Gasteiger charge is -2.11. The van der Waals surface area contributed by atoms with E-state index in [9.17, 15) is 0 Å². The molecule has 0 amide bonds. The van der Waals surface area contributed by atoms with Gasteiger partial charge in [-0.2, -0.15) is 5.10 Å². The van der Waals surface area contributed by atoms with Crippen molar-refractivity contribution in [3.8, 4) is 33.1 Å². The molecule has 35 heavy (non-hydrogen) atoms. The van der Waals surface area contributed by atoms with Crippen molar-refractivity contribution in [3.05, 3.63) is 65.7 Å². The van der Waals surface area contributed by atoms with E-state index < -0.39 is 5.82 Å². The van der Waals surface area contributed by atoms with Crippen LogP contribution in [-0.4, -0.2) is 36.2 Å². The van der Waals surface area contributed by atoms with E-state index in [1.165, 1.54) is 10.9 Å². The molecule has 0 unspecified atom stereocenters. The molecule has 0 atom stereocenters. The summed E-state index contributed by atoms with van der Waals surface area (Å²) in [5.74, 6) is 0.145. The van der Waals surface area contributed by atoms with E-state index in [1.54, 1.807) is 29.9 Å². The second-order valence-corrected chi connectivity index (χ2v) is 10.1. The first-order valence-electron chi connectivity index (χ1n) is 11.3. The Labute approximate surface area is 204 Å². The molecule has 0 fully saturated rings. The molecule has 1 aromatic carbocycles. The van der Waals surface area contributed by atoms with Gasteiger partial charge in [-0.1, -0.05) is 0 Å².